The quantitative estimate of drug-likeness (QED) is 0.134. The third-order valence-electron chi connectivity index (χ3n) is 11.0. The van der Waals surface area contributed by atoms with Crippen molar-refractivity contribution in [2.75, 3.05) is 0 Å². The monoisotopic (exact) mass is 710 g/mol. The smallest absolute Gasteiger partial charge is 0.146 e. The van der Waals surface area contributed by atoms with Crippen molar-refractivity contribution in [3.63, 3.8) is 0 Å². The molecule has 0 saturated heterocycles. The number of benzene rings is 9. The van der Waals surface area contributed by atoms with Gasteiger partial charge in [0.1, 0.15) is 5.65 Å². The van der Waals surface area contributed by atoms with E-state index >= 15 is 0 Å². The molecular formula is C49H31N2PS. The van der Waals surface area contributed by atoms with Gasteiger partial charge >= 0.3 is 0 Å². The van der Waals surface area contributed by atoms with Gasteiger partial charge in [-0.25, -0.2) is 4.98 Å². The topological polar surface area (TPSA) is 17.3 Å². The van der Waals surface area contributed by atoms with Crippen LogP contribution in [0.25, 0.3) is 81.8 Å². The van der Waals surface area contributed by atoms with E-state index in [1.807, 2.05) is 0 Å². The lowest BCUT2D eigenvalue weighted by Crippen LogP contribution is -2.25. The van der Waals surface area contributed by atoms with Crippen molar-refractivity contribution in [2.24, 2.45) is 0 Å². The van der Waals surface area contributed by atoms with E-state index in [0.717, 1.165) is 22.2 Å². The standard InChI is InChI=1S/C49H31N2PS/c53-52(38-14-2-1-3-15-38,47-20-10-13-32-11-4-6-16-40(32)47)39-26-23-35-29-34(21-22-36(35)30-39)37-25-27-42-46(31-37)51-45-19-9-8-18-44(45)50-49(51)43-28-24-33-12-5-7-17-41(33)48(42)43/h1-31H. The zero-order valence-corrected chi connectivity index (χ0v) is 30.4. The number of imidazole rings is 1. The molecule has 11 rings (SSSR count). The normalized spacial score (nSPS) is 13.1. The van der Waals surface area contributed by atoms with Crippen molar-refractivity contribution < 1.29 is 0 Å². The maximum Gasteiger partial charge on any atom is 0.146 e. The summed E-state index contributed by atoms with van der Waals surface area (Å²) in [6.07, 6.45) is 0. The molecule has 0 aliphatic heterocycles. The summed E-state index contributed by atoms with van der Waals surface area (Å²) in [6, 6.07) is 65.8. The molecule has 1 atom stereocenters. The molecule has 2 aromatic heterocycles. The van der Waals surface area contributed by atoms with Gasteiger partial charge in [0.05, 0.1) is 16.6 Å². The molecule has 1 unspecified atom stereocenters. The summed E-state index contributed by atoms with van der Waals surface area (Å²) in [7, 11) is 0. The fraction of sp³-hybridized carbons (Fsp3) is 0. The lowest BCUT2D eigenvalue weighted by Gasteiger charge is -2.26. The van der Waals surface area contributed by atoms with E-state index in [9.17, 15) is 0 Å². The Morgan fingerprint density at radius 2 is 1.06 bits per heavy atom. The van der Waals surface area contributed by atoms with Gasteiger partial charge in [-0.05, 0) is 90.5 Å². The van der Waals surface area contributed by atoms with Crippen LogP contribution in [0.15, 0.2) is 188 Å². The van der Waals surface area contributed by atoms with Gasteiger partial charge in [0.15, 0.2) is 0 Å². The first-order valence-corrected chi connectivity index (χ1v) is 20.8. The molecule has 0 spiro atoms. The van der Waals surface area contributed by atoms with E-state index in [4.69, 9.17) is 16.8 Å². The minimum atomic E-state index is -2.37. The number of para-hydroxylation sites is 2. The van der Waals surface area contributed by atoms with Crippen LogP contribution >= 0.6 is 6.04 Å². The number of fused-ring (bicyclic) bond motifs is 12. The van der Waals surface area contributed by atoms with Gasteiger partial charge in [-0.15, -0.1) is 0 Å². The molecule has 11 aromatic rings. The van der Waals surface area contributed by atoms with Crippen LogP contribution in [-0.2, 0) is 11.8 Å². The third-order valence-corrected chi connectivity index (χ3v) is 15.9. The zero-order chi connectivity index (χ0) is 35.1. The zero-order valence-electron chi connectivity index (χ0n) is 28.6. The van der Waals surface area contributed by atoms with E-state index in [-0.39, 0.29) is 0 Å². The fourth-order valence-corrected chi connectivity index (χ4v) is 12.5. The number of hydrogen-bond donors (Lipinski definition) is 0. The molecule has 0 aliphatic carbocycles. The first-order valence-electron chi connectivity index (χ1n) is 18.0. The lowest BCUT2D eigenvalue weighted by molar-refractivity contribution is 1.32. The molecule has 248 valence electrons. The summed E-state index contributed by atoms with van der Waals surface area (Å²) in [5.74, 6) is 0. The van der Waals surface area contributed by atoms with Crippen molar-refractivity contribution in [1.29, 1.82) is 0 Å². The number of rotatable bonds is 4. The SMILES string of the molecule is S=P(c1ccccc1)(c1ccc2cc(-c3ccc4c5c6ccccc6ccc5c5nc6ccccc6n5c4c3)ccc2c1)c1cccc2ccccc12. The Morgan fingerprint density at radius 3 is 1.94 bits per heavy atom. The van der Waals surface area contributed by atoms with Crippen LogP contribution in [0.3, 0.4) is 0 Å². The Hall–Kier alpha value is -6.12. The van der Waals surface area contributed by atoms with Gasteiger partial charge in [-0.1, -0.05) is 163 Å². The van der Waals surface area contributed by atoms with Crippen molar-refractivity contribution >= 4 is 104 Å². The Kier molecular flexibility index (Phi) is 6.73. The van der Waals surface area contributed by atoms with Gasteiger partial charge in [0, 0.05) is 27.5 Å². The highest BCUT2D eigenvalue weighted by Gasteiger charge is 2.27. The first kappa shape index (κ1) is 30.5. The molecule has 0 amide bonds. The van der Waals surface area contributed by atoms with Crippen LogP contribution in [0, 0.1) is 0 Å². The second kappa shape index (κ2) is 11.7. The largest absolute Gasteiger partial charge is 0.292 e. The molecule has 0 fully saturated rings. The first-order chi connectivity index (χ1) is 26.1. The number of nitrogens with zero attached hydrogens (tertiary/aromatic N) is 2. The Morgan fingerprint density at radius 1 is 0.415 bits per heavy atom. The molecule has 0 N–H and O–H groups in total. The van der Waals surface area contributed by atoms with E-state index in [2.05, 4.69) is 192 Å². The minimum absolute atomic E-state index is 0.989. The highest BCUT2D eigenvalue weighted by atomic mass is 32.4. The molecule has 0 saturated carbocycles. The summed E-state index contributed by atoms with van der Waals surface area (Å²) in [5.41, 5.74) is 6.62. The second-order valence-corrected chi connectivity index (χ2v) is 18.3. The summed E-state index contributed by atoms with van der Waals surface area (Å²) in [5, 5.41) is 14.6. The van der Waals surface area contributed by atoms with E-state index in [0.29, 0.717) is 0 Å². The third kappa shape index (κ3) is 4.58. The minimum Gasteiger partial charge on any atom is -0.292 e. The van der Waals surface area contributed by atoms with Gasteiger partial charge in [0.2, 0.25) is 0 Å². The number of hydrogen-bond acceptors (Lipinski definition) is 2. The molecule has 0 bridgehead atoms. The van der Waals surface area contributed by atoms with Crippen LogP contribution in [0.2, 0.25) is 0 Å². The molecule has 53 heavy (non-hydrogen) atoms. The average Bonchev–Trinajstić information content (AvgIpc) is 3.63. The van der Waals surface area contributed by atoms with Crippen LogP contribution in [0.1, 0.15) is 0 Å². The Bertz CT molecular complexity index is 3320. The van der Waals surface area contributed by atoms with Crippen molar-refractivity contribution in [3.05, 3.63) is 188 Å². The molecule has 0 aliphatic rings. The van der Waals surface area contributed by atoms with Gasteiger partial charge in [-0.3, -0.25) is 4.40 Å². The number of pyridine rings is 1. The van der Waals surface area contributed by atoms with Crippen LogP contribution in [0.5, 0.6) is 0 Å². The molecule has 2 nitrogen and oxygen atoms in total. The summed E-state index contributed by atoms with van der Waals surface area (Å²) < 4.78 is 2.35. The van der Waals surface area contributed by atoms with Crippen LogP contribution in [-0.4, -0.2) is 9.38 Å². The Balaban J connectivity index is 1.10. The average molecular weight is 711 g/mol. The predicted octanol–water partition coefficient (Wildman–Crippen LogP) is 11.7. The summed E-state index contributed by atoms with van der Waals surface area (Å²) in [6.45, 7) is 0. The number of aromatic nitrogens is 2. The molecule has 2 heterocycles. The van der Waals surface area contributed by atoms with Crippen molar-refractivity contribution in [2.45, 2.75) is 0 Å². The van der Waals surface area contributed by atoms with Crippen molar-refractivity contribution in [3.8, 4) is 11.1 Å². The summed E-state index contributed by atoms with van der Waals surface area (Å²) in [4.78, 5) is 5.19. The van der Waals surface area contributed by atoms with E-state index in [1.165, 1.54) is 75.5 Å². The van der Waals surface area contributed by atoms with E-state index in [1.54, 1.807) is 0 Å². The maximum atomic E-state index is 6.87. The predicted molar refractivity (Wildman–Crippen MR) is 232 cm³/mol. The molecular weight excluding hydrogens is 680 g/mol. The highest BCUT2D eigenvalue weighted by molar-refractivity contribution is 8.25. The molecule has 4 heteroatoms. The summed E-state index contributed by atoms with van der Waals surface area (Å²) >= 11 is 6.87. The molecule has 0 radical (unpaired) electrons. The second-order valence-electron chi connectivity index (χ2n) is 13.9. The fourth-order valence-electron chi connectivity index (χ4n) is 8.46. The van der Waals surface area contributed by atoms with Crippen LogP contribution < -0.4 is 15.9 Å². The van der Waals surface area contributed by atoms with Gasteiger partial charge < -0.3 is 0 Å². The van der Waals surface area contributed by atoms with Gasteiger partial charge in [-0.2, -0.15) is 0 Å². The van der Waals surface area contributed by atoms with E-state index < -0.39 is 6.04 Å². The van der Waals surface area contributed by atoms with Crippen LogP contribution in [0.4, 0.5) is 0 Å². The molecule has 9 aromatic carbocycles. The van der Waals surface area contributed by atoms with Crippen molar-refractivity contribution in [1.82, 2.24) is 9.38 Å². The maximum absolute atomic E-state index is 6.87. The van der Waals surface area contributed by atoms with Gasteiger partial charge in [0.25, 0.3) is 0 Å². The lowest BCUT2D eigenvalue weighted by atomic mass is 9.96. The Labute approximate surface area is 311 Å². The highest BCUT2D eigenvalue weighted by Crippen LogP contribution is 2.46.